The smallest absolute Gasteiger partial charge is 0.246 e. The fourth-order valence-corrected chi connectivity index (χ4v) is 3.66. The molecule has 3 aromatic heterocycles. The summed E-state index contributed by atoms with van der Waals surface area (Å²) in [4.78, 5) is 22.5. The zero-order valence-corrected chi connectivity index (χ0v) is 15.1. The van der Waals surface area contributed by atoms with E-state index in [-0.39, 0.29) is 12.0 Å². The molecule has 9 heteroatoms. The normalized spacial score (nSPS) is 16.8. The van der Waals surface area contributed by atoms with Gasteiger partial charge in [0.2, 0.25) is 17.7 Å². The minimum atomic E-state index is -0.0923. The molecule has 1 aliphatic heterocycles. The molecule has 0 unspecified atom stereocenters. The maximum atomic E-state index is 11.8. The highest BCUT2D eigenvalue weighted by Crippen LogP contribution is 2.31. The van der Waals surface area contributed by atoms with Gasteiger partial charge in [0.05, 0.1) is 23.9 Å². The molecule has 1 fully saturated rings. The van der Waals surface area contributed by atoms with Gasteiger partial charge < -0.3 is 15.0 Å². The Morgan fingerprint density at radius 3 is 3.15 bits per heavy atom. The average Bonchev–Trinajstić information content (AvgIpc) is 3.35. The Morgan fingerprint density at radius 1 is 1.50 bits per heavy atom. The van der Waals surface area contributed by atoms with Crippen LogP contribution in [0.5, 0.6) is 5.88 Å². The van der Waals surface area contributed by atoms with Gasteiger partial charge in [0.25, 0.3) is 0 Å². The predicted octanol–water partition coefficient (Wildman–Crippen LogP) is 2.33. The van der Waals surface area contributed by atoms with Gasteiger partial charge in [0.15, 0.2) is 0 Å². The number of hydrogen-bond acceptors (Lipinski definition) is 7. The summed E-state index contributed by atoms with van der Waals surface area (Å²) < 4.78 is 8.73. The van der Waals surface area contributed by atoms with Crippen molar-refractivity contribution in [3.8, 4) is 5.88 Å². The first-order chi connectivity index (χ1) is 12.6. The Morgan fingerprint density at radius 2 is 2.38 bits per heavy atom. The van der Waals surface area contributed by atoms with Crippen molar-refractivity contribution in [2.75, 3.05) is 18.4 Å². The lowest BCUT2D eigenvalue weighted by Gasteiger charge is -2.16. The van der Waals surface area contributed by atoms with Gasteiger partial charge in [-0.25, -0.2) is 4.98 Å². The van der Waals surface area contributed by atoms with Crippen LogP contribution in [0.2, 0.25) is 0 Å². The number of aryl methyl sites for hydroxylation is 1. The van der Waals surface area contributed by atoms with Crippen LogP contribution >= 0.6 is 11.3 Å². The molecule has 4 rings (SSSR count). The molecule has 0 bridgehead atoms. The van der Waals surface area contributed by atoms with Gasteiger partial charge >= 0.3 is 0 Å². The van der Waals surface area contributed by atoms with E-state index >= 15 is 0 Å². The van der Waals surface area contributed by atoms with Crippen LogP contribution in [0.15, 0.2) is 36.5 Å². The number of rotatable bonds is 5. The summed E-state index contributed by atoms with van der Waals surface area (Å²) in [6.45, 7) is 4.73. The van der Waals surface area contributed by atoms with Crippen molar-refractivity contribution in [2.45, 2.75) is 12.5 Å². The zero-order valence-electron chi connectivity index (χ0n) is 14.3. The standard InChI is InChI=1S/C17H18N6O2S/c1-3-14(24)23-6-4-12(10-23)25-16-15-13(5-7-26-15)20-17(21-16)19-11-8-18-22(2)9-11/h3,5,7-9,12H,1,4,6,10H2,2H3,(H,19,20,21)/t12-/m1/s1. The number of carbonyl (C=O) groups is 1. The third-order valence-corrected chi connectivity index (χ3v) is 5.03. The molecular weight excluding hydrogens is 352 g/mol. The van der Waals surface area contributed by atoms with Crippen LogP contribution in [0.4, 0.5) is 11.6 Å². The first kappa shape index (κ1) is 16.5. The molecule has 4 heterocycles. The first-order valence-electron chi connectivity index (χ1n) is 8.21. The molecule has 3 aromatic rings. The molecule has 1 atom stereocenters. The van der Waals surface area contributed by atoms with E-state index in [1.165, 1.54) is 17.4 Å². The number of ether oxygens (including phenoxy) is 1. The fourth-order valence-electron chi connectivity index (χ4n) is 2.90. The second kappa shape index (κ2) is 6.75. The van der Waals surface area contributed by atoms with Crippen LogP contribution in [0, 0.1) is 0 Å². The van der Waals surface area contributed by atoms with E-state index in [4.69, 9.17) is 4.74 Å². The molecule has 1 saturated heterocycles. The van der Waals surface area contributed by atoms with E-state index in [9.17, 15) is 4.79 Å². The van der Waals surface area contributed by atoms with Crippen LogP contribution in [-0.4, -0.2) is 49.7 Å². The van der Waals surface area contributed by atoms with Gasteiger partial charge in [-0.05, 0) is 17.5 Å². The maximum Gasteiger partial charge on any atom is 0.246 e. The van der Waals surface area contributed by atoms with Crippen LogP contribution in [0.3, 0.4) is 0 Å². The highest BCUT2D eigenvalue weighted by molar-refractivity contribution is 7.17. The van der Waals surface area contributed by atoms with Crippen molar-refractivity contribution in [3.05, 3.63) is 36.5 Å². The molecule has 134 valence electrons. The van der Waals surface area contributed by atoms with Crippen molar-refractivity contribution in [1.82, 2.24) is 24.6 Å². The van der Waals surface area contributed by atoms with E-state index in [1.54, 1.807) is 15.8 Å². The third kappa shape index (κ3) is 3.25. The summed E-state index contributed by atoms with van der Waals surface area (Å²) in [6, 6.07) is 1.94. The summed E-state index contributed by atoms with van der Waals surface area (Å²) in [5, 5.41) is 9.24. The Bertz CT molecular complexity index is 965. The monoisotopic (exact) mass is 370 g/mol. The third-order valence-electron chi connectivity index (χ3n) is 4.14. The summed E-state index contributed by atoms with van der Waals surface area (Å²) in [5.41, 5.74) is 1.63. The Balaban J connectivity index is 1.57. The quantitative estimate of drug-likeness (QED) is 0.694. The molecule has 0 aromatic carbocycles. The highest BCUT2D eigenvalue weighted by Gasteiger charge is 2.27. The summed E-state index contributed by atoms with van der Waals surface area (Å²) in [6.07, 6.45) is 5.56. The second-order valence-corrected chi connectivity index (χ2v) is 6.95. The number of thiophene rings is 1. The number of amides is 1. The second-order valence-electron chi connectivity index (χ2n) is 6.03. The van der Waals surface area contributed by atoms with Gasteiger partial charge in [0, 0.05) is 26.2 Å². The van der Waals surface area contributed by atoms with Crippen molar-refractivity contribution in [3.63, 3.8) is 0 Å². The average molecular weight is 370 g/mol. The van der Waals surface area contributed by atoms with Gasteiger partial charge in [-0.1, -0.05) is 6.58 Å². The molecule has 26 heavy (non-hydrogen) atoms. The largest absolute Gasteiger partial charge is 0.471 e. The van der Waals surface area contributed by atoms with E-state index in [0.717, 1.165) is 22.3 Å². The first-order valence-corrected chi connectivity index (χ1v) is 9.09. The number of fused-ring (bicyclic) bond motifs is 1. The molecule has 1 amide bonds. The van der Waals surface area contributed by atoms with Crippen molar-refractivity contribution < 1.29 is 9.53 Å². The van der Waals surface area contributed by atoms with Crippen LogP contribution in [-0.2, 0) is 11.8 Å². The maximum absolute atomic E-state index is 11.8. The molecule has 0 saturated carbocycles. The van der Waals surface area contributed by atoms with E-state index in [0.29, 0.717) is 24.9 Å². The molecule has 0 spiro atoms. The van der Waals surface area contributed by atoms with Crippen LogP contribution in [0.25, 0.3) is 10.2 Å². The van der Waals surface area contributed by atoms with Crippen LogP contribution in [0.1, 0.15) is 6.42 Å². The lowest BCUT2D eigenvalue weighted by molar-refractivity contribution is -0.125. The SMILES string of the molecule is C=CC(=O)N1CC[C@@H](Oc2nc(Nc3cnn(C)c3)nc3ccsc23)C1. The Hall–Kier alpha value is -2.94. The molecule has 0 aliphatic carbocycles. The summed E-state index contributed by atoms with van der Waals surface area (Å²) >= 11 is 1.54. The highest BCUT2D eigenvalue weighted by atomic mass is 32.1. The molecule has 8 nitrogen and oxygen atoms in total. The lowest BCUT2D eigenvalue weighted by atomic mass is 10.3. The van der Waals surface area contributed by atoms with Gasteiger partial charge in [-0.3, -0.25) is 9.48 Å². The fraction of sp³-hybridized carbons (Fsp3) is 0.294. The lowest BCUT2D eigenvalue weighted by Crippen LogP contribution is -2.29. The Labute approximate surface area is 154 Å². The molecule has 1 aliphatic rings. The summed E-state index contributed by atoms with van der Waals surface area (Å²) in [5.74, 6) is 0.921. The van der Waals surface area contributed by atoms with E-state index in [2.05, 4.69) is 27.0 Å². The predicted molar refractivity (Wildman–Crippen MR) is 99.7 cm³/mol. The number of aromatic nitrogens is 4. The van der Waals surface area contributed by atoms with Crippen molar-refractivity contribution >= 4 is 39.1 Å². The summed E-state index contributed by atoms with van der Waals surface area (Å²) in [7, 11) is 1.85. The van der Waals surface area contributed by atoms with Crippen molar-refractivity contribution in [1.29, 1.82) is 0 Å². The number of carbonyl (C=O) groups excluding carboxylic acids is 1. The topological polar surface area (TPSA) is 85.2 Å². The zero-order chi connectivity index (χ0) is 18.1. The minimum absolute atomic E-state index is 0.0704. The van der Waals surface area contributed by atoms with Crippen molar-refractivity contribution in [2.24, 2.45) is 7.05 Å². The van der Waals surface area contributed by atoms with Gasteiger partial charge in [0.1, 0.15) is 10.8 Å². The molecule has 1 N–H and O–H groups in total. The van der Waals surface area contributed by atoms with E-state index in [1.807, 2.05) is 24.7 Å². The number of nitrogens with one attached hydrogen (secondary N) is 1. The Kier molecular flexibility index (Phi) is 4.29. The van der Waals surface area contributed by atoms with E-state index < -0.39 is 0 Å². The number of likely N-dealkylation sites (tertiary alicyclic amines) is 1. The minimum Gasteiger partial charge on any atom is -0.471 e. The van der Waals surface area contributed by atoms with Crippen LogP contribution < -0.4 is 10.1 Å². The number of hydrogen-bond donors (Lipinski definition) is 1. The number of nitrogens with zero attached hydrogens (tertiary/aromatic N) is 5. The van der Waals surface area contributed by atoms with Gasteiger partial charge in [-0.2, -0.15) is 10.1 Å². The van der Waals surface area contributed by atoms with Gasteiger partial charge in [-0.15, -0.1) is 11.3 Å². The molecular formula is C17H18N6O2S. The number of anilines is 2. The molecule has 0 radical (unpaired) electrons.